The van der Waals surface area contributed by atoms with Crippen LogP contribution in [0.4, 0.5) is 0 Å². The first kappa shape index (κ1) is 42.4. The standard InChI is InChI=1S/C46H52O10P/c1-57(48)55-34-42(51-29-37-21-11-4-12-22-37)44(52-30-38-23-13-5-14-24-38)41(50-28-36-19-9-3-10-20-36)33-54-46-45(53-31-39-25-15-6-16-26-39)43(47)40(56-46)32-49-27-35-17-7-2-8-18-35/h2-26,40-47H,27-34H2,1H3/q+1/t40-,41?,42?,43+,44?,45?,46-/m1/s1. The highest BCUT2D eigenvalue weighted by atomic mass is 31.1. The summed E-state index contributed by atoms with van der Waals surface area (Å²) in [6, 6.07) is 49.0. The molecule has 5 aromatic carbocycles. The fourth-order valence-electron chi connectivity index (χ4n) is 6.41. The summed E-state index contributed by atoms with van der Waals surface area (Å²) in [5.41, 5.74) is 4.81. The van der Waals surface area contributed by atoms with Crippen molar-refractivity contribution < 1.29 is 47.4 Å². The van der Waals surface area contributed by atoms with Gasteiger partial charge in [0.1, 0.15) is 43.2 Å². The number of aliphatic hydroxyl groups excluding tert-OH is 1. The van der Waals surface area contributed by atoms with E-state index in [4.69, 9.17) is 37.7 Å². The van der Waals surface area contributed by atoms with Gasteiger partial charge in [-0.25, -0.2) is 0 Å². The highest BCUT2D eigenvalue weighted by molar-refractivity contribution is 7.38. The molecule has 57 heavy (non-hydrogen) atoms. The molecule has 0 aromatic heterocycles. The van der Waals surface area contributed by atoms with E-state index in [1.807, 2.05) is 152 Å². The first-order valence-electron chi connectivity index (χ1n) is 19.2. The molecule has 0 bridgehead atoms. The minimum Gasteiger partial charge on any atom is -0.387 e. The second kappa shape index (κ2) is 23.3. The van der Waals surface area contributed by atoms with Gasteiger partial charge in [-0.3, -0.25) is 0 Å². The number of aliphatic hydroxyl groups is 1. The van der Waals surface area contributed by atoms with Gasteiger partial charge >= 0.3 is 8.03 Å². The average Bonchev–Trinajstić information content (AvgIpc) is 3.55. The summed E-state index contributed by atoms with van der Waals surface area (Å²) in [5.74, 6) is 0. The van der Waals surface area contributed by atoms with Gasteiger partial charge < -0.3 is 38.3 Å². The summed E-state index contributed by atoms with van der Waals surface area (Å²) >= 11 is 0. The van der Waals surface area contributed by atoms with Crippen molar-refractivity contribution in [2.45, 2.75) is 75.9 Å². The molecule has 5 aromatic rings. The third kappa shape index (κ3) is 14.0. The second-order valence-corrected chi connectivity index (χ2v) is 14.9. The molecule has 8 atom stereocenters. The minimum absolute atomic E-state index is 0.0223. The molecule has 11 heteroatoms. The molecule has 0 aliphatic carbocycles. The molecule has 0 saturated carbocycles. The highest BCUT2D eigenvalue weighted by Crippen LogP contribution is 2.29. The van der Waals surface area contributed by atoms with Gasteiger partial charge in [0.05, 0.1) is 46.2 Å². The fourth-order valence-corrected chi connectivity index (χ4v) is 6.76. The Kier molecular flexibility index (Phi) is 17.3. The molecular weight excluding hydrogens is 743 g/mol. The normalized spacial score (nSPS) is 19.9. The van der Waals surface area contributed by atoms with Gasteiger partial charge in [-0.1, -0.05) is 152 Å². The lowest BCUT2D eigenvalue weighted by atomic mass is 10.1. The Morgan fingerprint density at radius 2 is 0.982 bits per heavy atom. The molecule has 0 amide bonds. The van der Waals surface area contributed by atoms with Gasteiger partial charge in [0.15, 0.2) is 13.0 Å². The van der Waals surface area contributed by atoms with Gasteiger partial charge in [-0.15, -0.1) is 4.52 Å². The van der Waals surface area contributed by atoms with Crippen molar-refractivity contribution in [3.05, 3.63) is 179 Å². The first-order chi connectivity index (χ1) is 28.0. The maximum Gasteiger partial charge on any atom is 0.504 e. The molecular formula is C46H52O10P+. The largest absolute Gasteiger partial charge is 0.504 e. The molecule has 6 rings (SSSR count). The van der Waals surface area contributed by atoms with E-state index in [1.54, 1.807) is 0 Å². The van der Waals surface area contributed by atoms with Crippen molar-refractivity contribution in [2.24, 2.45) is 0 Å². The van der Waals surface area contributed by atoms with Crippen molar-refractivity contribution in [2.75, 3.05) is 26.5 Å². The SMILES string of the molecule is C[P+](=O)OCC(OCc1ccccc1)C(OCc1ccccc1)C(CO[C@@H]1O[C@H](COCc2ccccc2)[C@H](O)C1OCc1ccccc1)OCc1ccccc1. The Morgan fingerprint density at radius 1 is 0.561 bits per heavy atom. The van der Waals surface area contributed by atoms with Crippen LogP contribution in [0.3, 0.4) is 0 Å². The Labute approximate surface area is 336 Å². The smallest absolute Gasteiger partial charge is 0.387 e. The topological polar surface area (TPSA) is 111 Å². The summed E-state index contributed by atoms with van der Waals surface area (Å²) in [4.78, 5) is 0. The van der Waals surface area contributed by atoms with E-state index < -0.39 is 50.9 Å². The van der Waals surface area contributed by atoms with Crippen LogP contribution in [0, 0.1) is 0 Å². The van der Waals surface area contributed by atoms with Crippen molar-refractivity contribution in [3.8, 4) is 0 Å². The summed E-state index contributed by atoms with van der Waals surface area (Å²) in [6.45, 7) is 2.91. The zero-order valence-electron chi connectivity index (χ0n) is 32.2. The lowest BCUT2D eigenvalue weighted by molar-refractivity contribution is -0.222. The molecule has 5 unspecified atom stereocenters. The fraction of sp³-hybridized carbons (Fsp3) is 0.348. The molecule has 1 fully saturated rings. The first-order valence-corrected chi connectivity index (χ1v) is 20.9. The van der Waals surface area contributed by atoms with Crippen molar-refractivity contribution in [1.82, 2.24) is 0 Å². The van der Waals surface area contributed by atoms with Crippen LogP contribution in [0.25, 0.3) is 0 Å². The molecule has 1 aliphatic heterocycles. The highest BCUT2D eigenvalue weighted by Gasteiger charge is 2.46. The van der Waals surface area contributed by atoms with Crippen LogP contribution in [-0.2, 0) is 75.3 Å². The van der Waals surface area contributed by atoms with E-state index in [-0.39, 0.29) is 46.2 Å². The maximum absolute atomic E-state index is 12.3. The molecule has 1 saturated heterocycles. The van der Waals surface area contributed by atoms with E-state index >= 15 is 0 Å². The monoisotopic (exact) mass is 795 g/mol. The minimum atomic E-state index is -1.95. The molecule has 1 heterocycles. The zero-order chi connectivity index (χ0) is 39.5. The number of rotatable bonds is 24. The Balaban J connectivity index is 1.25. The predicted molar refractivity (Wildman–Crippen MR) is 216 cm³/mol. The Hall–Kier alpha value is -4.16. The van der Waals surface area contributed by atoms with E-state index in [9.17, 15) is 9.67 Å². The molecule has 0 radical (unpaired) electrons. The average molecular weight is 796 g/mol. The van der Waals surface area contributed by atoms with Crippen molar-refractivity contribution in [1.29, 1.82) is 0 Å². The molecule has 1 N–H and O–H groups in total. The van der Waals surface area contributed by atoms with Crippen LogP contribution in [0.1, 0.15) is 27.8 Å². The maximum atomic E-state index is 12.3. The lowest BCUT2D eigenvalue weighted by Gasteiger charge is -2.33. The third-order valence-corrected chi connectivity index (χ3v) is 9.96. The van der Waals surface area contributed by atoms with Crippen LogP contribution in [0.5, 0.6) is 0 Å². The van der Waals surface area contributed by atoms with Gasteiger partial charge in [0.25, 0.3) is 0 Å². The molecule has 10 nitrogen and oxygen atoms in total. The molecule has 0 spiro atoms. The van der Waals surface area contributed by atoms with Gasteiger partial charge in [-0.2, -0.15) is 0 Å². The van der Waals surface area contributed by atoms with Gasteiger partial charge in [-0.05, 0) is 32.4 Å². The number of benzene rings is 5. The zero-order valence-corrected chi connectivity index (χ0v) is 33.1. The van der Waals surface area contributed by atoms with E-state index in [1.165, 1.54) is 6.66 Å². The van der Waals surface area contributed by atoms with Crippen LogP contribution in [0.2, 0.25) is 0 Å². The van der Waals surface area contributed by atoms with Crippen molar-refractivity contribution in [3.63, 3.8) is 0 Å². The third-order valence-electron chi connectivity index (χ3n) is 9.45. The van der Waals surface area contributed by atoms with E-state index in [0.717, 1.165) is 27.8 Å². The van der Waals surface area contributed by atoms with Crippen LogP contribution in [-0.4, -0.2) is 74.5 Å². The Morgan fingerprint density at radius 3 is 1.46 bits per heavy atom. The van der Waals surface area contributed by atoms with Gasteiger partial charge in [0, 0.05) is 0 Å². The molecule has 1 aliphatic rings. The Bertz CT molecular complexity index is 1840. The van der Waals surface area contributed by atoms with Crippen molar-refractivity contribution >= 4 is 8.03 Å². The summed E-state index contributed by atoms with van der Waals surface area (Å²) < 4.78 is 63.2. The van der Waals surface area contributed by atoms with E-state index in [2.05, 4.69) is 0 Å². The quantitative estimate of drug-likeness (QED) is 0.0617. The number of hydrogen-bond acceptors (Lipinski definition) is 10. The van der Waals surface area contributed by atoms with Crippen LogP contribution >= 0.6 is 8.03 Å². The number of hydrogen-bond donors (Lipinski definition) is 1. The number of ether oxygens (including phenoxy) is 7. The second-order valence-electron chi connectivity index (χ2n) is 13.8. The molecule has 300 valence electrons. The lowest BCUT2D eigenvalue weighted by Crippen LogP contribution is -2.48. The predicted octanol–water partition coefficient (Wildman–Crippen LogP) is 8.04. The van der Waals surface area contributed by atoms with Gasteiger partial charge in [0.2, 0.25) is 0 Å². The summed E-state index contributed by atoms with van der Waals surface area (Å²) in [7, 11) is -1.95. The summed E-state index contributed by atoms with van der Waals surface area (Å²) in [6.07, 6.45) is -5.83. The summed E-state index contributed by atoms with van der Waals surface area (Å²) in [5, 5.41) is 11.6. The van der Waals surface area contributed by atoms with Crippen LogP contribution in [0.15, 0.2) is 152 Å². The van der Waals surface area contributed by atoms with Crippen LogP contribution < -0.4 is 0 Å². The van der Waals surface area contributed by atoms with E-state index in [0.29, 0.717) is 6.61 Å².